The van der Waals surface area contributed by atoms with Crippen LogP contribution in [-0.2, 0) is 16.1 Å². The number of hydrogen-bond donors (Lipinski definition) is 1. The predicted molar refractivity (Wildman–Crippen MR) is 95.6 cm³/mol. The van der Waals surface area contributed by atoms with Gasteiger partial charge in [-0.2, -0.15) is 0 Å². The number of carbonyl (C=O) groups is 3. The van der Waals surface area contributed by atoms with Gasteiger partial charge in [0, 0.05) is 13.6 Å². The summed E-state index contributed by atoms with van der Waals surface area (Å²) in [6.07, 6.45) is 1.40. The summed E-state index contributed by atoms with van der Waals surface area (Å²) in [6, 6.07) is 9.10. The van der Waals surface area contributed by atoms with Gasteiger partial charge in [-0.05, 0) is 31.2 Å². The molecule has 1 fully saturated rings. The molecule has 1 saturated heterocycles. The SMILES string of the molecule is CC(C)CCC1(C)NC(=O)N(CC(=O)N(C)Cc2ccccc2)C1=O. The molecule has 25 heavy (non-hydrogen) atoms. The molecule has 1 unspecified atom stereocenters. The summed E-state index contributed by atoms with van der Waals surface area (Å²) >= 11 is 0. The largest absolute Gasteiger partial charge is 0.340 e. The Morgan fingerprint density at radius 2 is 1.88 bits per heavy atom. The highest BCUT2D eigenvalue weighted by atomic mass is 16.2. The van der Waals surface area contributed by atoms with E-state index >= 15 is 0 Å². The second kappa shape index (κ2) is 7.68. The van der Waals surface area contributed by atoms with Crippen LogP contribution in [0.2, 0.25) is 0 Å². The van der Waals surface area contributed by atoms with Gasteiger partial charge in [0.2, 0.25) is 5.91 Å². The van der Waals surface area contributed by atoms with E-state index in [4.69, 9.17) is 0 Å². The molecular formula is C19H27N3O3. The fraction of sp³-hybridized carbons (Fsp3) is 0.526. The van der Waals surface area contributed by atoms with Gasteiger partial charge < -0.3 is 10.2 Å². The van der Waals surface area contributed by atoms with Crippen LogP contribution < -0.4 is 5.32 Å². The molecule has 4 amide bonds. The third-order valence-electron chi connectivity index (χ3n) is 4.55. The molecule has 1 aliphatic rings. The molecule has 1 aliphatic heterocycles. The predicted octanol–water partition coefficient (Wildman–Crippen LogP) is 2.39. The first-order chi connectivity index (χ1) is 11.7. The van der Waals surface area contributed by atoms with Gasteiger partial charge in [0.15, 0.2) is 0 Å². The fourth-order valence-corrected chi connectivity index (χ4v) is 2.84. The molecule has 1 heterocycles. The lowest BCUT2D eigenvalue weighted by atomic mass is 9.92. The van der Waals surface area contributed by atoms with Gasteiger partial charge in [-0.25, -0.2) is 4.79 Å². The first-order valence-electron chi connectivity index (χ1n) is 8.65. The van der Waals surface area contributed by atoms with Gasteiger partial charge in [-0.15, -0.1) is 0 Å². The molecule has 0 spiro atoms. The molecular weight excluding hydrogens is 318 g/mol. The van der Waals surface area contributed by atoms with Crippen molar-refractivity contribution in [3.63, 3.8) is 0 Å². The van der Waals surface area contributed by atoms with E-state index in [1.807, 2.05) is 30.3 Å². The average molecular weight is 345 g/mol. The summed E-state index contributed by atoms with van der Waals surface area (Å²) in [7, 11) is 1.67. The topological polar surface area (TPSA) is 69.7 Å². The lowest BCUT2D eigenvalue weighted by Crippen LogP contribution is -2.45. The number of nitrogens with one attached hydrogen (secondary N) is 1. The van der Waals surface area contributed by atoms with Crippen molar-refractivity contribution in [1.82, 2.24) is 15.1 Å². The maximum Gasteiger partial charge on any atom is 0.325 e. The van der Waals surface area contributed by atoms with Crippen molar-refractivity contribution in [2.45, 2.75) is 45.7 Å². The highest BCUT2D eigenvalue weighted by Crippen LogP contribution is 2.24. The number of urea groups is 1. The van der Waals surface area contributed by atoms with Crippen LogP contribution in [0, 0.1) is 5.92 Å². The second-order valence-corrected chi connectivity index (χ2v) is 7.32. The van der Waals surface area contributed by atoms with E-state index in [-0.39, 0.29) is 18.4 Å². The Hall–Kier alpha value is -2.37. The Morgan fingerprint density at radius 3 is 2.48 bits per heavy atom. The van der Waals surface area contributed by atoms with E-state index in [0.717, 1.165) is 16.9 Å². The molecule has 6 heteroatoms. The number of rotatable bonds is 7. The van der Waals surface area contributed by atoms with Crippen molar-refractivity contribution in [3.05, 3.63) is 35.9 Å². The summed E-state index contributed by atoms with van der Waals surface area (Å²) in [4.78, 5) is 39.8. The van der Waals surface area contributed by atoms with Crippen molar-refractivity contribution in [2.75, 3.05) is 13.6 Å². The van der Waals surface area contributed by atoms with Crippen LogP contribution in [0.4, 0.5) is 4.79 Å². The number of benzene rings is 1. The Bertz CT molecular complexity index is 645. The van der Waals surface area contributed by atoms with Gasteiger partial charge >= 0.3 is 6.03 Å². The number of likely N-dealkylation sites (N-methyl/N-ethyl adjacent to an activating group) is 1. The number of hydrogen-bond acceptors (Lipinski definition) is 3. The van der Waals surface area contributed by atoms with Crippen molar-refractivity contribution >= 4 is 17.8 Å². The summed E-state index contributed by atoms with van der Waals surface area (Å²) in [6.45, 7) is 6.09. The third-order valence-corrected chi connectivity index (χ3v) is 4.55. The van der Waals surface area contributed by atoms with Crippen molar-refractivity contribution in [3.8, 4) is 0 Å². The number of carbonyl (C=O) groups excluding carboxylic acids is 3. The van der Waals surface area contributed by atoms with Crippen LogP contribution in [0.15, 0.2) is 30.3 Å². The van der Waals surface area contributed by atoms with Gasteiger partial charge in [0.25, 0.3) is 5.91 Å². The Labute approximate surface area is 149 Å². The molecule has 0 saturated carbocycles. The van der Waals surface area contributed by atoms with Crippen LogP contribution in [0.5, 0.6) is 0 Å². The number of amides is 4. The van der Waals surface area contributed by atoms with Crippen molar-refractivity contribution in [2.24, 2.45) is 5.92 Å². The van der Waals surface area contributed by atoms with E-state index in [2.05, 4.69) is 19.2 Å². The lowest BCUT2D eigenvalue weighted by Gasteiger charge is -2.23. The number of nitrogens with zero attached hydrogens (tertiary/aromatic N) is 2. The van der Waals surface area contributed by atoms with Gasteiger partial charge in [0.1, 0.15) is 12.1 Å². The van der Waals surface area contributed by atoms with E-state index in [1.165, 1.54) is 4.90 Å². The summed E-state index contributed by atoms with van der Waals surface area (Å²) in [5.41, 5.74) is 0.0805. The minimum absolute atomic E-state index is 0.231. The van der Waals surface area contributed by atoms with E-state index in [1.54, 1.807) is 14.0 Å². The maximum atomic E-state index is 12.6. The van der Waals surface area contributed by atoms with E-state index in [9.17, 15) is 14.4 Å². The Balaban J connectivity index is 1.98. The summed E-state index contributed by atoms with van der Waals surface area (Å²) in [5.74, 6) is -0.144. The lowest BCUT2D eigenvalue weighted by molar-refractivity contribution is -0.138. The van der Waals surface area contributed by atoms with Gasteiger partial charge in [-0.3, -0.25) is 14.5 Å². The molecule has 1 aromatic carbocycles. The van der Waals surface area contributed by atoms with Gasteiger partial charge in [0.05, 0.1) is 0 Å². The number of imide groups is 1. The molecule has 136 valence electrons. The second-order valence-electron chi connectivity index (χ2n) is 7.32. The smallest absolute Gasteiger partial charge is 0.325 e. The quantitative estimate of drug-likeness (QED) is 0.772. The zero-order valence-corrected chi connectivity index (χ0v) is 15.4. The van der Waals surface area contributed by atoms with Crippen LogP contribution in [0.3, 0.4) is 0 Å². The molecule has 1 atom stereocenters. The molecule has 2 rings (SSSR count). The zero-order chi connectivity index (χ0) is 18.6. The van der Waals surface area contributed by atoms with Crippen LogP contribution >= 0.6 is 0 Å². The van der Waals surface area contributed by atoms with Crippen LogP contribution in [-0.4, -0.2) is 46.8 Å². The first kappa shape index (κ1) is 19.0. The minimum atomic E-state index is -0.917. The summed E-state index contributed by atoms with van der Waals surface area (Å²) in [5, 5.41) is 2.75. The third kappa shape index (κ3) is 4.59. The molecule has 0 aromatic heterocycles. The molecule has 6 nitrogen and oxygen atoms in total. The molecule has 1 N–H and O–H groups in total. The molecule has 0 aliphatic carbocycles. The van der Waals surface area contributed by atoms with E-state index < -0.39 is 11.6 Å². The van der Waals surface area contributed by atoms with Crippen LogP contribution in [0.25, 0.3) is 0 Å². The van der Waals surface area contributed by atoms with Crippen LogP contribution in [0.1, 0.15) is 39.2 Å². The maximum absolute atomic E-state index is 12.6. The van der Waals surface area contributed by atoms with Crippen molar-refractivity contribution < 1.29 is 14.4 Å². The molecule has 1 aromatic rings. The monoisotopic (exact) mass is 345 g/mol. The Kier molecular flexibility index (Phi) is 5.82. The fourth-order valence-electron chi connectivity index (χ4n) is 2.84. The highest BCUT2D eigenvalue weighted by Gasteiger charge is 2.48. The van der Waals surface area contributed by atoms with Crippen molar-refractivity contribution in [1.29, 1.82) is 0 Å². The zero-order valence-electron chi connectivity index (χ0n) is 15.4. The Morgan fingerprint density at radius 1 is 1.24 bits per heavy atom. The molecule has 0 bridgehead atoms. The molecule has 0 radical (unpaired) electrons. The van der Waals surface area contributed by atoms with E-state index in [0.29, 0.717) is 18.9 Å². The normalized spacial score (nSPS) is 20.1. The summed E-state index contributed by atoms with van der Waals surface area (Å²) < 4.78 is 0. The average Bonchev–Trinajstić information content (AvgIpc) is 2.77. The first-order valence-corrected chi connectivity index (χ1v) is 8.65. The highest BCUT2D eigenvalue weighted by molar-refractivity contribution is 6.08. The minimum Gasteiger partial charge on any atom is -0.340 e. The van der Waals surface area contributed by atoms with Gasteiger partial charge in [-0.1, -0.05) is 44.2 Å². The standard InChI is InChI=1S/C19H27N3O3/c1-14(2)10-11-19(3)17(24)22(18(25)20-19)13-16(23)21(4)12-15-8-6-5-7-9-15/h5-9,14H,10-13H2,1-4H3,(H,20,25).